The first kappa shape index (κ1) is 19.9. The molecule has 0 saturated carbocycles. The lowest BCUT2D eigenvalue weighted by Gasteiger charge is -2.33. The molecular formula is C17H31N5O2. The summed E-state index contributed by atoms with van der Waals surface area (Å²) in [6.45, 7) is 8.61. The number of carbonyl (C=O) groups is 1. The summed E-state index contributed by atoms with van der Waals surface area (Å²) in [5.74, 6) is 1.03. The predicted molar refractivity (Wildman–Crippen MR) is 100 cm³/mol. The van der Waals surface area contributed by atoms with Crippen LogP contribution in [0.15, 0.2) is 6.07 Å². The van der Waals surface area contributed by atoms with Crippen molar-refractivity contribution in [1.82, 2.24) is 4.98 Å². The van der Waals surface area contributed by atoms with Crippen LogP contribution in [0.1, 0.15) is 47.0 Å². The normalized spacial score (nSPS) is 13.2. The van der Waals surface area contributed by atoms with Gasteiger partial charge in [0.1, 0.15) is 5.82 Å². The Morgan fingerprint density at radius 2 is 2.04 bits per heavy atom. The third-order valence-corrected chi connectivity index (χ3v) is 4.40. The SMILES string of the molecule is CCCCC(C)C(C)N(C)c1cc(NC(=O)OCC)nc(N)c1N. The molecule has 0 radical (unpaired) electrons. The lowest BCUT2D eigenvalue weighted by Crippen LogP contribution is -2.35. The fourth-order valence-corrected chi connectivity index (χ4v) is 2.56. The smallest absolute Gasteiger partial charge is 0.412 e. The number of aromatic nitrogens is 1. The standard InChI is InChI=1S/C17H31N5O2/c1-6-8-9-11(3)12(4)22(5)13-10-14(20-16(19)15(13)18)21-17(23)24-7-2/h10-12H,6-9,18H2,1-5H3,(H3,19,20,21,23). The van der Waals surface area contributed by atoms with E-state index in [1.807, 2.05) is 7.05 Å². The third kappa shape index (κ3) is 5.18. The first-order valence-electron chi connectivity index (χ1n) is 8.54. The number of nitrogens with two attached hydrogens (primary N) is 2. The van der Waals surface area contributed by atoms with Gasteiger partial charge in [-0.05, 0) is 26.2 Å². The highest BCUT2D eigenvalue weighted by molar-refractivity contribution is 5.87. The van der Waals surface area contributed by atoms with Crippen molar-refractivity contribution in [1.29, 1.82) is 0 Å². The molecule has 0 aromatic carbocycles. The molecule has 1 aromatic rings. The van der Waals surface area contributed by atoms with Crippen molar-refractivity contribution in [3.8, 4) is 0 Å². The van der Waals surface area contributed by atoms with Crippen LogP contribution in [0.3, 0.4) is 0 Å². The van der Waals surface area contributed by atoms with Crippen molar-refractivity contribution < 1.29 is 9.53 Å². The van der Waals surface area contributed by atoms with E-state index in [1.54, 1.807) is 13.0 Å². The van der Waals surface area contributed by atoms with E-state index >= 15 is 0 Å². The van der Waals surface area contributed by atoms with Crippen molar-refractivity contribution in [2.45, 2.75) is 53.0 Å². The molecule has 24 heavy (non-hydrogen) atoms. The van der Waals surface area contributed by atoms with Crippen LogP contribution in [0.25, 0.3) is 0 Å². The van der Waals surface area contributed by atoms with Crippen molar-refractivity contribution >= 4 is 29.1 Å². The Kier molecular flexibility index (Phi) is 7.61. The number of anilines is 4. The Labute approximate surface area is 144 Å². The monoisotopic (exact) mass is 337 g/mol. The number of pyridine rings is 1. The van der Waals surface area contributed by atoms with Gasteiger partial charge in [0.05, 0.1) is 18.0 Å². The molecule has 2 unspecified atom stereocenters. The van der Waals surface area contributed by atoms with Gasteiger partial charge in [0, 0.05) is 19.2 Å². The summed E-state index contributed by atoms with van der Waals surface area (Å²) >= 11 is 0. The third-order valence-electron chi connectivity index (χ3n) is 4.40. The van der Waals surface area contributed by atoms with Gasteiger partial charge in [-0.3, -0.25) is 5.32 Å². The van der Waals surface area contributed by atoms with Gasteiger partial charge in [-0.15, -0.1) is 0 Å². The van der Waals surface area contributed by atoms with Crippen LogP contribution in [0, 0.1) is 5.92 Å². The molecule has 0 aliphatic rings. The average Bonchev–Trinajstić information content (AvgIpc) is 2.54. The van der Waals surface area contributed by atoms with E-state index in [4.69, 9.17) is 16.2 Å². The van der Waals surface area contributed by atoms with Gasteiger partial charge < -0.3 is 21.1 Å². The van der Waals surface area contributed by atoms with Crippen LogP contribution in [0.5, 0.6) is 0 Å². The molecule has 0 aliphatic heterocycles. The van der Waals surface area contributed by atoms with E-state index < -0.39 is 6.09 Å². The molecular weight excluding hydrogens is 306 g/mol. The molecule has 0 bridgehead atoms. The maximum absolute atomic E-state index is 11.6. The van der Waals surface area contributed by atoms with E-state index in [0.29, 0.717) is 17.4 Å². The number of carbonyl (C=O) groups excluding carboxylic acids is 1. The second kappa shape index (κ2) is 9.20. The quantitative estimate of drug-likeness (QED) is 0.670. The van der Waals surface area contributed by atoms with Crippen molar-refractivity contribution in [2.75, 3.05) is 35.3 Å². The molecule has 1 aromatic heterocycles. The fourth-order valence-electron chi connectivity index (χ4n) is 2.56. The number of unbranched alkanes of at least 4 members (excludes halogenated alkanes) is 1. The summed E-state index contributed by atoms with van der Waals surface area (Å²) < 4.78 is 4.87. The topological polar surface area (TPSA) is 106 Å². The number of amides is 1. The highest BCUT2D eigenvalue weighted by atomic mass is 16.5. The summed E-state index contributed by atoms with van der Waals surface area (Å²) in [6, 6.07) is 2.00. The Bertz CT molecular complexity index is 550. The number of nitrogen functional groups attached to an aromatic ring is 2. The highest BCUT2D eigenvalue weighted by Gasteiger charge is 2.21. The molecule has 0 aliphatic carbocycles. The number of ether oxygens (including phenoxy) is 1. The molecule has 7 heteroatoms. The second-order valence-corrected chi connectivity index (χ2v) is 6.14. The Hall–Kier alpha value is -2.18. The van der Waals surface area contributed by atoms with Gasteiger partial charge in [0.2, 0.25) is 0 Å². The van der Waals surface area contributed by atoms with Gasteiger partial charge >= 0.3 is 6.09 Å². The maximum Gasteiger partial charge on any atom is 0.412 e. The van der Waals surface area contributed by atoms with Gasteiger partial charge in [-0.25, -0.2) is 9.78 Å². The minimum absolute atomic E-state index is 0.194. The summed E-state index contributed by atoms with van der Waals surface area (Å²) in [5.41, 5.74) is 13.2. The molecule has 1 amide bonds. The molecule has 0 fully saturated rings. The molecule has 1 rings (SSSR count). The minimum atomic E-state index is -0.563. The van der Waals surface area contributed by atoms with E-state index in [-0.39, 0.29) is 18.5 Å². The average molecular weight is 337 g/mol. The van der Waals surface area contributed by atoms with E-state index in [0.717, 1.165) is 12.1 Å². The van der Waals surface area contributed by atoms with Crippen molar-refractivity contribution in [3.05, 3.63) is 6.07 Å². The lowest BCUT2D eigenvalue weighted by molar-refractivity contribution is 0.168. The first-order chi connectivity index (χ1) is 11.3. The highest BCUT2D eigenvalue weighted by Crippen LogP contribution is 2.32. The zero-order valence-corrected chi connectivity index (χ0v) is 15.4. The molecule has 7 nitrogen and oxygen atoms in total. The molecule has 1 heterocycles. The molecule has 2 atom stereocenters. The summed E-state index contributed by atoms with van der Waals surface area (Å²) in [6.07, 6.45) is 2.96. The Morgan fingerprint density at radius 3 is 2.62 bits per heavy atom. The zero-order chi connectivity index (χ0) is 18.3. The van der Waals surface area contributed by atoms with Crippen LogP contribution in [0.4, 0.5) is 27.8 Å². The van der Waals surface area contributed by atoms with Crippen molar-refractivity contribution in [3.63, 3.8) is 0 Å². The molecule has 5 N–H and O–H groups in total. The number of nitrogens with zero attached hydrogens (tertiary/aromatic N) is 2. The number of hydrogen-bond acceptors (Lipinski definition) is 6. The van der Waals surface area contributed by atoms with Gasteiger partial charge in [0.25, 0.3) is 0 Å². The largest absolute Gasteiger partial charge is 0.450 e. The van der Waals surface area contributed by atoms with E-state index in [1.165, 1.54) is 12.8 Å². The van der Waals surface area contributed by atoms with Gasteiger partial charge in [-0.2, -0.15) is 0 Å². The van der Waals surface area contributed by atoms with Crippen molar-refractivity contribution in [2.24, 2.45) is 5.92 Å². The number of rotatable bonds is 8. The summed E-state index contributed by atoms with van der Waals surface area (Å²) in [7, 11) is 1.98. The molecule has 0 spiro atoms. The van der Waals surface area contributed by atoms with E-state index in [2.05, 4.69) is 36.0 Å². The maximum atomic E-state index is 11.6. The number of nitrogens with one attached hydrogen (secondary N) is 1. The van der Waals surface area contributed by atoms with Gasteiger partial charge in [-0.1, -0.05) is 26.7 Å². The Morgan fingerprint density at radius 1 is 1.38 bits per heavy atom. The van der Waals surface area contributed by atoms with Crippen LogP contribution in [-0.4, -0.2) is 30.8 Å². The Balaban J connectivity index is 2.99. The molecule has 0 saturated heterocycles. The van der Waals surface area contributed by atoms with E-state index in [9.17, 15) is 4.79 Å². The summed E-state index contributed by atoms with van der Waals surface area (Å²) in [5, 5.41) is 2.57. The zero-order valence-electron chi connectivity index (χ0n) is 15.4. The minimum Gasteiger partial charge on any atom is -0.450 e. The fraction of sp³-hybridized carbons (Fsp3) is 0.647. The number of hydrogen-bond donors (Lipinski definition) is 3. The predicted octanol–water partition coefficient (Wildman–Crippen LogP) is 3.47. The lowest BCUT2D eigenvalue weighted by atomic mass is 9.95. The molecule has 136 valence electrons. The van der Waals surface area contributed by atoms with Crippen LogP contribution < -0.4 is 21.7 Å². The van der Waals surface area contributed by atoms with Crippen LogP contribution in [-0.2, 0) is 4.74 Å². The first-order valence-corrected chi connectivity index (χ1v) is 8.54. The van der Waals surface area contributed by atoms with Crippen LogP contribution in [0.2, 0.25) is 0 Å². The second-order valence-electron chi connectivity index (χ2n) is 6.14. The summed E-state index contributed by atoms with van der Waals surface area (Å²) in [4.78, 5) is 17.8. The van der Waals surface area contributed by atoms with Crippen LogP contribution >= 0.6 is 0 Å². The van der Waals surface area contributed by atoms with Gasteiger partial charge in [0.15, 0.2) is 5.82 Å².